The maximum absolute atomic E-state index is 11.2. The molecule has 0 spiro atoms. The summed E-state index contributed by atoms with van der Waals surface area (Å²) < 4.78 is 2.24. The number of carboxylic acid groups (broad SMARTS) is 1. The molecule has 0 saturated heterocycles. The second-order valence-corrected chi connectivity index (χ2v) is 5.38. The quantitative estimate of drug-likeness (QED) is 0.758. The van der Waals surface area contributed by atoms with Gasteiger partial charge < -0.3 is 9.67 Å². The maximum Gasteiger partial charge on any atom is 0.335 e. The zero-order valence-corrected chi connectivity index (χ0v) is 11.7. The Morgan fingerprint density at radius 2 is 2.29 bits per heavy atom. The number of nitrogens with zero attached hydrogens (tertiary/aromatic N) is 2. The number of aromatic nitrogens is 3. The van der Waals surface area contributed by atoms with Gasteiger partial charge in [0, 0.05) is 17.4 Å². The topological polar surface area (TPSA) is 70.9 Å². The first-order valence-corrected chi connectivity index (χ1v) is 7.11. The van der Waals surface area contributed by atoms with E-state index in [1.54, 1.807) is 12.1 Å². The third-order valence-electron chi connectivity index (χ3n) is 4.33. The summed E-state index contributed by atoms with van der Waals surface area (Å²) in [4.78, 5) is 11.2. The molecule has 3 aromatic rings. The van der Waals surface area contributed by atoms with Crippen molar-refractivity contribution in [1.29, 1.82) is 0 Å². The summed E-state index contributed by atoms with van der Waals surface area (Å²) in [7, 11) is 0. The average molecular weight is 281 g/mol. The predicted octanol–water partition coefficient (Wildman–Crippen LogP) is 2.85. The van der Waals surface area contributed by atoms with Crippen LogP contribution >= 0.6 is 0 Å². The third-order valence-corrected chi connectivity index (χ3v) is 4.33. The number of H-pyrrole nitrogens is 1. The number of nitrogens with one attached hydrogen (secondary N) is 1. The second-order valence-electron chi connectivity index (χ2n) is 5.38. The summed E-state index contributed by atoms with van der Waals surface area (Å²) in [6, 6.07) is 5.39. The fraction of sp³-hybridized carbons (Fsp3) is 0.250. The van der Waals surface area contributed by atoms with Crippen LogP contribution in [0.3, 0.4) is 0 Å². The number of carboxylic acids is 1. The first kappa shape index (κ1) is 12.2. The molecule has 0 bridgehead atoms. The van der Waals surface area contributed by atoms with Crippen molar-refractivity contribution in [3.8, 4) is 11.4 Å². The van der Waals surface area contributed by atoms with E-state index in [0.29, 0.717) is 5.56 Å². The minimum atomic E-state index is -0.882. The summed E-state index contributed by atoms with van der Waals surface area (Å²) >= 11 is 0. The molecule has 0 fully saturated rings. The molecule has 0 amide bonds. The molecule has 1 aliphatic carbocycles. The SMILES string of the molecule is CCn1c2c(c3cc(C(=O)O)ccc31)CCc1cn[nH]c1-2. The highest BCUT2D eigenvalue weighted by atomic mass is 16.4. The van der Waals surface area contributed by atoms with E-state index in [1.165, 1.54) is 11.1 Å². The number of aryl methyl sites for hydroxylation is 3. The summed E-state index contributed by atoms with van der Waals surface area (Å²) in [5, 5.41) is 17.5. The minimum absolute atomic E-state index is 0.342. The summed E-state index contributed by atoms with van der Waals surface area (Å²) in [5.74, 6) is -0.882. The molecule has 0 radical (unpaired) electrons. The largest absolute Gasteiger partial charge is 0.478 e. The monoisotopic (exact) mass is 281 g/mol. The van der Waals surface area contributed by atoms with E-state index >= 15 is 0 Å². The van der Waals surface area contributed by atoms with Gasteiger partial charge >= 0.3 is 5.97 Å². The van der Waals surface area contributed by atoms with Crippen molar-refractivity contribution in [2.45, 2.75) is 26.3 Å². The van der Waals surface area contributed by atoms with Crippen molar-refractivity contribution in [3.05, 3.63) is 41.1 Å². The fourth-order valence-electron chi connectivity index (χ4n) is 3.39. The third kappa shape index (κ3) is 1.57. The lowest BCUT2D eigenvalue weighted by molar-refractivity contribution is 0.0697. The molecule has 2 heterocycles. The smallest absolute Gasteiger partial charge is 0.335 e. The van der Waals surface area contributed by atoms with Crippen LogP contribution in [0.2, 0.25) is 0 Å². The summed E-state index contributed by atoms with van der Waals surface area (Å²) in [5.41, 5.74) is 6.13. The van der Waals surface area contributed by atoms with E-state index in [-0.39, 0.29) is 0 Å². The minimum Gasteiger partial charge on any atom is -0.478 e. The molecule has 106 valence electrons. The Kier molecular flexibility index (Phi) is 2.45. The number of aromatic carboxylic acids is 1. The van der Waals surface area contributed by atoms with E-state index in [0.717, 1.165) is 41.7 Å². The van der Waals surface area contributed by atoms with E-state index in [4.69, 9.17) is 0 Å². The zero-order chi connectivity index (χ0) is 14.6. The molecule has 1 aromatic carbocycles. The zero-order valence-electron chi connectivity index (χ0n) is 11.7. The molecule has 0 aliphatic heterocycles. The molecule has 0 saturated carbocycles. The van der Waals surface area contributed by atoms with E-state index < -0.39 is 5.97 Å². The van der Waals surface area contributed by atoms with Gasteiger partial charge in [0.1, 0.15) is 0 Å². The highest BCUT2D eigenvalue weighted by molar-refractivity contribution is 5.98. The normalized spacial score (nSPS) is 13.2. The Hall–Kier alpha value is -2.56. The fourth-order valence-corrected chi connectivity index (χ4v) is 3.39. The van der Waals surface area contributed by atoms with Gasteiger partial charge in [-0.15, -0.1) is 0 Å². The van der Waals surface area contributed by atoms with Crippen LogP contribution in [0.25, 0.3) is 22.3 Å². The Morgan fingerprint density at radius 3 is 3.05 bits per heavy atom. The Morgan fingerprint density at radius 1 is 1.43 bits per heavy atom. The standard InChI is InChI=1S/C16H15N3O2/c1-2-19-13-6-4-9(16(20)21)7-12(13)11-5-3-10-8-17-18-14(10)15(11)19/h4,6-8H,2-3,5H2,1H3,(H,17,18)(H,20,21). The molecule has 4 rings (SSSR count). The number of rotatable bonds is 2. The number of benzene rings is 1. The van der Waals surface area contributed by atoms with Crippen molar-refractivity contribution < 1.29 is 9.90 Å². The number of hydrogen-bond acceptors (Lipinski definition) is 2. The molecule has 1 aliphatic rings. The van der Waals surface area contributed by atoms with Gasteiger partial charge in [0.2, 0.25) is 0 Å². The number of hydrogen-bond donors (Lipinski definition) is 2. The number of aromatic amines is 1. The van der Waals surface area contributed by atoms with Gasteiger partial charge in [0.25, 0.3) is 0 Å². The van der Waals surface area contributed by atoms with Crippen LogP contribution < -0.4 is 0 Å². The van der Waals surface area contributed by atoms with Crippen LogP contribution in [-0.2, 0) is 19.4 Å². The van der Waals surface area contributed by atoms with E-state index in [1.807, 2.05) is 12.3 Å². The molecule has 2 aromatic heterocycles. The Balaban J connectivity index is 2.10. The van der Waals surface area contributed by atoms with Crippen LogP contribution in [0.4, 0.5) is 0 Å². The number of fused-ring (bicyclic) bond motifs is 5. The van der Waals surface area contributed by atoms with Crippen molar-refractivity contribution in [1.82, 2.24) is 14.8 Å². The Labute approximate surface area is 121 Å². The highest BCUT2D eigenvalue weighted by Crippen LogP contribution is 2.39. The maximum atomic E-state index is 11.2. The van der Waals surface area contributed by atoms with Crippen LogP contribution in [0.1, 0.15) is 28.4 Å². The lowest BCUT2D eigenvalue weighted by Gasteiger charge is -2.15. The average Bonchev–Trinajstić information content (AvgIpc) is 3.07. The molecular formula is C16H15N3O2. The summed E-state index contributed by atoms with van der Waals surface area (Å²) in [6.07, 6.45) is 3.76. The van der Waals surface area contributed by atoms with Crippen molar-refractivity contribution >= 4 is 16.9 Å². The molecule has 5 heteroatoms. The predicted molar refractivity (Wildman–Crippen MR) is 79.6 cm³/mol. The van der Waals surface area contributed by atoms with Gasteiger partial charge in [-0.25, -0.2) is 4.79 Å². The van der Waals surface area contributed by atoms with Crippen molar-refractivity contribution in [2.24, 2.45) is 0 Å². The van der Waals surface area contributed by atoms with Crippen molar-refractivity contribution in [2.75, 3.05) is 0 Å². The van der Waals surface area contributed by atoms with Gasteiger partial charge in [0.15, 0.2) is 0 Å². The van der Waals surface area contributed by atoms with E-state index in [9.17, 15) is 9.90 Å². The first-order chi connectivity index (χ1) is 10.2. The van der Waals surface area contributed by atoms with E-state index in [2.05, 4.69) is 21.7 Å². The number of carbonyl (C=O) groups is 1. The first-order valence-electron chi connectivity index (χ1n) is 7.11. The van der Waals surface area contributed by atoms with Gasteiger partial charge in [-0.2, -0.15) is 5.10 Å². The summed E-state index contributed by atoms with van der Waals surface area (Å²) in [6.45, 7) is 2.95. The second kappa shape index (κ2) is 4.22. The molecule has 2 N–H and O–H groups in total. The van der Waals surface area contributed by atoms with Gasteiger partial charge in [-0.1, -0.05) is 0 Å². The van der Waals surface area contributed by atoms with Crippen LogP contribution in [0.15, 0.2) is 24.4 Å². The molecule has 0 atom stereocenters. The lowest BCUT2D eigenvalue weighted by Crippen LogP contribution is -2.05. The highest BCUT2D eigenvalue weighted by Gasteiger charge is 2.25. The van der Waals surface area contributed by atoms with Crippen molar-refractivity contribution in [3.63, 3.8) is 0 Å². The van der Waals surface area contributed by atoms with Gasteiger partial charge in [0.05, 0.1) is 23.1 Å². The Bertz CT molecular complexity index is 873. The molecule has 5 nitrogen and oxygen atoms in total. The molecule has 0 unspecified atom stereocenters. The van der Waals surface area contributed by atoms with Crippen LogP contribution in [0.5, 0.6) is 0 Å². The molecular weight excluding hydrogens is 266 g/mol. The molecule has 21 heavy (non-hydrogen) atoms. The van der Waals surface area contributed by atoms with Gasteiger partial charge in [-0.3, -0.25) is 5.10 Å². The van der Waals surface area contributed by atoms with Crippen LogP contribution in [0, 0.1) is 0 Å². The van der Waals surface area contributed by atoms with Gasteiger partial charge in [-0.05, 0) is 49.1 Å². The van der Waals surface area contributed by atoms with Crippen LogP contribution in [-0.4, -0.2) is 25.8 Å². The lowest BCUT2D eigenvalue weighted by atomic mass is 9.93.